The monoisotopic (exact) mass is 291 g/mol. The van der Waals surface area contributed by atoms with E-state index in [4.69, 9.17) is 4.74 Å². The Bertz CT molecular complexity index is 562. The summed E-state index contributed by atoms with van der Waals surface area (Å²) in [6.07, 6.45) is -0.435. The van der Waals surface area contributed by atoms with Gasteiger partial charge >= 0.3 is 12.1 Å². The number of anilines is 1. The van der Waals surface area contributed by atoms with Gasteiger partial charge in [0.2, 0.25) is 0 Å². The van der Waals surface area contributed by atoms with E-state index in [9.17, 15) is 14.7 Å². The van der Waals surface area contributed by atoms with Gasteiger partial charge in [0.25, 0.3) is 0 Å². The molecule has 0 spiro atoms. The Labute approximate surface area is 124 Å². The first-order valence-corrected chi connectivity index (χ1v) is 7.03. The molecule has 1 N–H and O–H groups in total. The number of hydrogen-bond donors (Lipinski definition) is 1. The van der Waals surface area contributed by atoms with Crippen LogP contribution in [0.15, 0.2) is 24.3 Å². The van der Waals surface area contributed by atoms with E-state index >= 15 is 0 Å². The third-order valence-electron chi connectivity index (χ3n) is 3.61. The Morgan fingerprint density at radius 1 is 1.33 bits per heavy atom. The van der Waals surface area contributed by atoms with Crippen molar-refractivity contribution in [3.8, 4) is 0 Å². The van der Waals surface area contributed by atoms with E-state index in [-0.39, 0.29) is 5.92 Å². The van der Waals surface area contributed by atoms with Crippen molar-refractivity contribution in [1.82, 2.24) is 0 Å². The summed E-state index contributed by atoms with van der Waals surface area (Å²) in [5, 5.41) is 9.24. The average molecular weight is 291 g/mol. The van der Waals surface area contributed by atoms with Crippen LogP contribution in [0.5, 0.6) is 0 Å². The van der Waals surface area contributed by atoms with E-state index in [2.05, 4.69) is 0 Å². The van der Waals surface area contributed by atoms with Crippen LogP contribution in [0.4, 0.5) is 10.5 Å². The van der Waals surface area contributed by atoms with Crippen LogP contribution in [-0.2, 0) is 9.53 Å². The standard InChI is InChI=1S/C16H21NO4/c1-10(14(18)19)12-9-17(15(20)21-16(2,3)4)13-8-6-5-7-11(12)13/h5-8,10,12H,9H2,1-4H3,(H,18,19). The van der Waals surface area contributed by atoms with Crippen molar-refractivity contribution in [3.05, 3.63) is 29.8 Å². The number of carbonyl (C=O) groups excluding carboxylic acids is 1. The molecule has 1 amide bonds. The van der Waals surface area contributed by atoms with Crippen molar-refractivity contribution < 1.29 is 19.4 Å². The lowest BCUT2D eigenvalue weighted by atomic mass is 9.89. The van der Waals surface area contributed by atoms with Crippen LogP contribution in [0.25, 0.3) is 0 Å². The fourth-order valence-corrected chi connectivity index (χ4v) is 2.53. The summed E-state index contributed by atoms with van der Waals surface area (Å²) in [7, 11) is 0. The first-order valence-electron chi connectivity index (χ1n) is 7.03. The molecule has 0 saturated heterocycles. The molecule has 5 nitrogen and oxygen atoms in total. The largest absolute Gasteiger partial charge is 0.481 e. The molecule has 21 heavy (non-hydrogen) atoms. The Morgan fingerprint density at radius 2 is 1.95 bits per heavy atom. The predicted molar refractivity (Wildman–Crippen MR) is 79.6 cm³/mol. The third-order valence-corrected chi connectivity index (χ3v) is 3.61. The number of amides is 1. The van der Waals surface area contributed by atoms with Crippen LogP contribution in [0, 0.1) is 5.92 Å². The molecule has 0 bridgehead atoms. The molecule has 114 valence electrons. The molecule has 2 rings (SSSR count). The van der Waals surface area contributed by atoms with Gasteiger partial charge in [-0.25, -0.2) is 4.79 Å². The number of hydrogen-bond acceptors (Lipinski definition) is 3. The highest BCUT2D eigenvalue weighted by molar-refractivity contribution is 5.91. The molecular weight excluding hydrogens is 270 g/mol. The highest BCUT2D eigenvalue weighted by Gasteiger charge is 2.39. The topological polar surface area (TPSA) is 66.8 Å². The summed E-state index contributed by atoms with van der Waals surface area (Å²) in [5.41, 5.74) is 1.05. The molecule has 0 radical (unpaired) electrons. The smallest absolute Gasteiger partial charge is 0.414 e. The first-order chi connectivity index (χ1) is 9.70. The number of carboxylic acid groups (broad SMARTS) is 1. The highest BCUT2D eigenvalue weighted by Crippen LogP contribution is 2.40. The van der Waals surface area contributed by atoms with Crippen molar-refractivity contribution >= 4 is 17.7 Å². The molecule has 2 unspecified atom stereocenters. The van der Waals surface area contributed by atoms with E-state index in [0.29, 0.717) is 6.54 Å². The van der Waals surface area contributed by atoms with Crippen molar-refractivity contribution in [1.29, 1.82) is 0 Å². The number of rotatable bonds is 2. The van der Waals surface area contributed by atoms with Crippen molar-refractivity contribution in [2.45, 2.75) is 39.2 Å². The fraction of sp³-hybridized carbons (Fsp3) is 0.500. The molecule has 1 aliphatic heterocycles. The van der Waals surface area contributed by atoms with Crippen molar-refractivity contribution in [2.75, 3.05) is 11.4 Å². The maximum atomic E-state index is 12.3. The third kappa shape index (κ3) is 3.17. The van der Waals surface area contributed by atoms with Crippen LogP contribution in [0.3, 0.4) is 0 Å². The zero-order valence-electron chi connectivity index (χ0n) is 12.8. The maximum absolute atomic E-state index is 12.3. The number of nitrogens with zero attached hydrogens (tertiary/aromatic N) is 1. The number of para-hydroxylation sites is 1. The lowest BCUT2D eigenvalue weighted by Crippen LogP contribution is -2.37. The Kier molecular flexibility index (Phi) is 3.94. The van der Waals surface area contributed by atoms with Crippen LogP contribution in [0.1, 0.15) is 39.2 Å². The number of fused-ring (bicyclic) bond motifs is 1. The number of aliphatic carboxylic acids is 1. The van der Waals surface area contributed by atoms with Crippen molar-refractivity contribution in [2.24, 2.45) is 5.92 Å². The van der Waals surface area contributed by atoms with Gasteiger partial charge in [0.05, 0.1) is 11.6 Å². The summed E-state index contributed by atoms with van der Waals surface area (Å²) < 4.78 is 5.41. The minimum absolute atomic E-state index is 0.216. The molecular formula is C16H21NO4. The Balaban J connectivity index is 2.31. The summed E-state index contributed by atoms with van der Waals surface area (Å²) in [4.78, 5) is 25.1. The van der Waals surface area contributed by atoms with Gasteiger partial charge in [-0.3, -0.25) is 9.69 Å². The van der Waals surface area contributed by atoms with Gasteiger partial charge in [-0.1, -0.05) is 25.1 Å². The average Bonchev–Trinajstić information content (AvgIpc) is 2.75. The number of carboxylic acids is 1. The molecule has 0 aliphatic carbocycles. The van der Waals surface area contributed by atoms with E-state index in [1.165, 1.54) is 4.90 Å². The fourth-order valence-electron chi connectivity index (χ4n) is 2.53. The summed E-state index contributed by atoms with van der Waals surface area (Å²) >= 11 is 0. The van der Waals surface area contributed by atoms with Gasteiger partial charge < -0.3 is 9.84 Å². The van der Waals surface area contributed by atoms with Crippen LogP contribution < -0.4 is 4.90 Å². The second-order valence-electron chi connectivity index (χ2n) is 6.38. The normalized spacial score (nSPS) is 19.0. The molecule has 1 heterocycles. The van der Waals surface area contributed by atoms with Gasteiger partial charge in [-0.05, 0) is 32.4 Å². The van der Waals surface area contributed by atoms with Crippen molar-refractivity contribution in [3.63, 3.8) is 0 Å². The Hall–Kier alpha value is -2.04. The van der Waals surface area contributed by atoms with E-state index in [0.717, 1.165) is 11.3 Å². The number of benzene rings is 1. The zero-order chi connectivity index (χ0) is 15.8. The number of carbonyl (C=O) groups is 2. The first kappa shape index (κ1) is 15.4. The quantitative estimate of drug-likeness (QED) is 0.908. The molecule has 5 heteroatoms. The summed E-state index contributed by atoms with van der Waals surface area (Å²) in [6.45, 7) is 7.43. The predicted octanol–water partition coefficient (Wildman–Crippen LogP) is 3.25. The molecule has 1 aromatic rings. The van der Waals surface area contributed by atoms with E-state index in [1.54, 1.807) is 6.92 Å². The summed E-state index contributed by atoms with van der Waals surface area (Å²) in [6, 6.07) is 7.40. The van der Waals surface area contributed by atoms with Gasteiger partial charge in [0.15, 0.2) is 0 Å². The highest BCUT2D eigenvalue weighted by atomic mass is 16.6. The van der Waals surface area contributed by atoms with Gasteiger partial charge in [0, 0.05) is 12.5 Å². The molecule has 1 aliphatic rings. The van der Waals surface area contributed by atoms with Gasteiger partial charge in [-0.15, -0.1) is 0 Å². The van der Waals surface area contributed by atoms with E-state index in [1.807, 2.05) is 45.0 Å². The lowest BCUT2D eigenvalue weighted by Gasteiger charge is -2.25. The SMILES string of the molecule is CC(C(=O)O)C1CN(C(=O)OC(C)(C)C)c2ccccc21. The van der Waals surface area contributed by atoms with Crippen LogP contribution in [0.2, 0.25) is 0 Å². The van der Waals surface area contributed by atoms with Crippen LogP contribution in [-0.4, -0.2) is 29.3 Å². The molecule has 0 aromatic heterocycles. The molecule has 1 aromatic carbocycles. The van der Waals surface area contributed by atoms with Crippen LogP contribution >= 0.6 is 0 Å². The minimum Gasteiger partial charge on any atom is -0.481 e. The second kappa shape index (κ2) is 5.39. The van der Waals surface area contributed by atoms with E-state index < -0.39 is 23.6 Å². The second-order valence-corrected chi connectivity index (χ2v) is 6.38. The van der Waals surface area contributed by atoms with Gasteiger partial charge in [-0.2, -0.15) is 0 Å². The molecule has 0 saturated carbocycles. The number of ether oxygens (including phenoxy) is 1. The summed E-state index contributed by atoms with van der Waals surface area (Å²) in [5.74, 6) is -1.63. The molecule has 0 fully saturated rings. The Morgan fingerprint density at radius 3 is 2.52 bits per heavy atom. The zero-order valence-corrected chi connectivity index (χ0v) is 12.8. The van der Waals surface area contributed by atoms with Gasteiger partial charge in [0.1, 0.15) is 5.60 Å². The lowest BCUT2D eigenvalue weighted by molar-refractivity contribution is -0.141. The molecule has 2 atom stereocenters. The maximum Gasteiger partial charge on any atom is 0.414 e. The minimum atomic E-state index is -0.860.